The molecule has 0 bridgehead atoms. The second-order valence-corrected chi connectivity index (χ2v) is 4.25. The first kappa shape index (κ1) is 14.0. The lowest BCUT2D eigenvalue weighted by Gasteiger charge is -2.15. The zero-order valence-electron chi connectivity index (χ0n) is 11.3. The maximum atomic E-state index is 11.3. The van der Waals surface area contributed by atoms with Crippen molar-refractivity contribution < 1.29 is 9.53 Å². The van der Waals surface area contributed by atoms with Crippen LogP contribution in [0.5, 0.6) is 5.75 Å². The van der Waals surface area contributed by atoms with E-state index in [4.69, 9.17) is 10.00 Å². The minimum atomic E-state index is -0.247. The molecule has 0 aromatic heterocycles. The van der Waals surface area contributed by atoms with Gasteiger partial charge in [0.05, 0.1) is 13.2 Å². The van der Waals surface area contributed by atoms with Crippen molar-refractivity contribution in [2.45, 2.75) is 33.7 Å². The SMILES string of the molecule is COc1c(C)cc(CNC(=O)CC#N)c(C)c1C. The molecule has 1 aromatic rings. The largest absolute Gasteiger partial charge is 0.496 e. The molecule has 0 atom stereocenters. The average Bonchev–Trinajstić information content (AvgIpc) is 2.33. The van der Waals surface area contributed by atoms with Crippen LogP contribution in [0.3, 0.4) is 0 Å². The maximum Gasteiger partial charge on any atom is 0.234 e. The van der Waals surface area contributed by atoms with Crippen molar-refractivity contribution in [2.75, 3.05) is 7.11 Å². The minimum absolute atomic E-state index is 0.104. The Kier molecular flexibility index (Phi) is 4.73. The van der Waals surface area contributed by atoms with Crippen LogP contribution in [0.2, 0.25) is 0 Å². The normalized spacial score (nSPS) is 9.72. The number of ether oxygens (including phenoxy) is 1. The highest BCUT2D eigenvalue weighted by atomic mass is 16.5. The Hall–Kier alpha value is -2.02. The Morgan fingerprint density at radius 1 is 1.39 bits per heavy atom. The summed E-state index contributed by atoms with van der Waals surface area (Å²) in [6.07, 6.45) is -0.104. The van der Waals surface area contributed by atoms with Crippen LogP contribution in [0.1, 0.15) is 28.7 Å². The Labute approximate surface area is 108 Å². The molecule has 0 aliphatic rings. The fourth-order valence-corrected chi connectivity index (χ4v) is 1.97. The summed E-state index contributed by atoms with van der Waals surface area (Å²) < 4.78 is 5.35. The van der Waals surface area contributed by atoms with E-state index in [9.17, 15) is 4.79 Å². The fraction of sp³-hybridized carbons (Fsp3) is 0.429. The van der Waals surface area contributed by atoms with Crippen LogP contribution in [0, 0.1) is 32.1 Å². The molecule has 0 aliphatic carbocycles. The molecule has 0 saturated heterocycles. The van der Waals surface area contributed by atoms with E-state index in [1.807, 2.05) is 32.9 Å². The van der Waals surface area contributed by atoms with Gasteiger partial charge in [-0.1, -0.05) is 6.07 Å². The van der Waals surface area contributed by atoms with E-state index in [0.717, 1.165) is 28.0 Å². The molecule has 1 N–H and O–H groups in total. The summed E-state index contributed by atoms with van der Waals surface area (Å²) in [6.45, 7) is 6.43. The van der Waals surface area contributed by atoms with Gasteiger partial charge >= 0.3 is 0 Å². The molecule has 1 amide bonds. The van der Waals surface area contributed by atoms with Gasteiger partial charge in [0.2, 0.25) is 5.91 Å². The summed E-state index contributed by atoms with van der Waals surface area (Å²) in [5.74, 6) is 0.641. The van der Waals surface area contributed by atoms with Gasteiger partial charge in [-0.3, -0.25) is 4.79 Å². The third-order valence-electron chi connectivity index (χ3n) is 3.05. The van der Waals surface area contributed by atoms with Crippen molar-refractivity contribution in [2.24, 2.45) is 0 Å². The van der Waals surface area contributed by atoms with Crippen molar-refractivity contribution in [3.05, 3.63) is 28.3 Å². The van der Waals surface area contributed by atoms with Crippen LogP contribution >= 0.6 is 0 Å². The number of aryl methyl sites for hydroxylation is 1. The molecule has 4 nitrogen and oxygen atoms in total. The lowest BCUT2D eigenvalue weighted by molar-refractivity contribution is -0.120. The van der Waals surface area contributed by atoms with E-state index in [0.29, 0.717) is 6.54 Å². The number of nitrogens with zero attached hydrogens (tertiary/aromatic N) is 1. The molecule has 1 aromatic carbocycles. The van der Waals surface area contributed by atoms with Crippen LogP contribution < -0.4 is 10.1 Å². The summed E-state index contributed by atoms with van der Waals surface area (Å²) in [6, 6.07) is 3.84. The first-order chi connectivity index (χ1) is 8.51. The van der Waals surface area contributed by atoms with Gasteiger partial charge in [-0.25, -0.2) is 0 Å². The van der Waals surface area contributed by atoms with E-state index in [2.05, 4.69) is 5.32 Å². The summed E-state index contributed by atoms with van der Waals surface area (Å²) in [4.78, 5) is 11.3. The average molecular weight is 246 g/mol. The van der Waals surface area contributed by atoms with Crippen molar-refractivity contribution in [3.63, 3.8) is 0 Å². The van der Waals surface area contributed by atoms with Crippen molar-refractivity contribution in [1.29, 1.82) is 5.26 Å². The highest BCUT2D eigenvalue weighted by molar-refractivity contribution is 5.78. The molecule has 0 saturated carbocycles. The Balaban J connectivity index is 2.92. The van der Waals surface area contributed by atoms with Gasteiger partial charge in [0, 0.05) is 6.54 Å². The van der Waals surface area contributed by atoms with Crippen LogP contribution in [0.25, 0.3) is 0 Å². The third kappa shape index (κ3) is 3.01. The smallest absolute Gasteiger partial charge is 0.234 e. The number of hydrogen-bond donors (Lipinski definition) is 1. The van der Waals surface area contributed by atoms with Crippen LogP contribution in [-0.4, -0.2) is 13.0 Å². The van der Waals surface area contributed by atoms with Gasteiger partial charge in [0.15, 0.2) is 0 Å². The number of hydrogen-bond acceptors (Lipinski definition) is 3. The van der Waals surface area contributed by atoms with E-state index in [1.54, 1.807) is 7.11 Å². The molecular formula is C14H18N2O2. The first-order valence-electron chi connectivity index (χ1n) is 5.78. The van der Waals surface area contributed by atoms with Crippen LogP contribution in [-0.2, 0) is 11.3 Å². The monoisotopic (exact) mass is 246 g/mol. The van der Waals surface area contributed by atoms with Gasteiger partial charge < -0.3 is 10.1 Å². The van der Waals surface area contributed by atoms with Gasteiger partial charge in [-0.05, 0) is 43.0 Å². The number of amides is 1. The van der Waals surface area contributed by atoms with Crippen LogP contribution in [0.4, 0.5) is 0 Å². The first-order valence-corrected chi connectivity index (χ1v) is 5.78. The molecule has 0 fully saturated rings. The number of benzene rings is 1. The maximum absolute atomic E-state index is 11.3. The number of methoxy groups -OCH3 is 1. The minimum Gasteiger partial charge on any atom is -0.496 e. The van der Waals surface area contributed by atoms with Crippen molar-refractivity contribution in [3.8, 4) is 11.8 Å². The molecule has 1 rings (SSSR count). The predicted octanol–water partition coefficient (Wildman–Crippen LogP) is 2.15. The topological polar surface area (TPSA) is 62.1 Å². The van der Waals surface area contributed by atoms with Gasteiger partial charge in [0.25, 0.3) is 0 Å². The zero-order chi connectivity index (χ0) is 13.7. The van der Waals surface area contributed by atoms with E-state index in [-0.39, 0.29) is 12.3 Å². The molecule has 0 spiro atoms. The molecular weight excluding hydrogens is 228 g/mol. The molecule has 0 unspecified atom stereocenters. The van der Waals surface area contributed by atoms with Gasteiger partial charge in [-0.2, -0.15) is 5.26 Å². The molecule has 18 heavy (non-hydrogen) atoms. The molecule has 96 valence electrons. The standard InChI is InChI=1S/C14H18N2O2/c1-9-7-12(8-16-13(17)5-6-15)10(2)11(3)14(9)18-4/h7H,5,8H2,1-4H3,(H,16,17). The predicted molar refractivity (Wildman–Crippen MR) is 69.3 cm³/mol. The lowest BCUT2D eigenvalue weighted by atomic mass is 9.98. The highest BCUT2D eigenvalue weighted by Crippen LogP contribution is 2.28. The fourth-order valence-electron chi connectivity index (χ4n) is 1.97. The van der Waals surface area contributed by atoms with Crippen molar-refractivity contribution >= 4 is 5.91 Å². The Morgan fingerprint density at radius 2 is 2.06 bits per heavy atom. The summed E-state index contributed by atoms with van der Waals surface area (Å²) >= 11 is 0. The third-order valence-corrected chi connectivity index (χ3v) is 3.05. The Bertz CT molecular complexity index is 501. The number of carbonyl (C=O) groups excluding carboxylic acids is 1. The molecule has 0 heterocycles. The second-order valence-electron chi connectivity index (χ2n) is 4.25. The molecule has 0 aliphatic heterocycles. The second kappa shape index (κ2) is 6.06. The summed E-state index contributed by atoms with van der Waals surface area (Å²) in [5, 5.41) is 11.1. The van der Waals surface area contributed by atoms with Gasteiger partial charge in [0.1, 0.15) is 12.2 Å². The summed E-state index contributed by atoms with van der Waals surface area (Å²) in [5.41, 5.74) is 4.29. The lowest BCUT2D eigenvalue weighted by Crippen LogP contribution is -2.22. The van der Waals surface area contributed by atoms with Gasteiger partial charge in [-0.15, -0.1) is 0 Å². The van der Waals surface area contributed by atoms with E-state index >= 15 is 0 Å². The van der Waals surface area contributed by atoms with E-state index in [1.165, 1.54) is 0 Å². The highest BCUT2D eigenvalue weighted by Gasteiger charge is 2.11. The zero-order valence-corrected chi connectivity index (χ0v) is 11.3. The molecule has 4 heteroatoms. The quantitative estimate of drug-likeness (QED) is 0.885. The van der Waals surface area contributed by atoms with Crippen molar-refractivity contribution in [1.82, 2.24) is 5.32 Å². The summed E-state index contributed by atoms with van der Waals surface area (Å²) in [7, 11) is 1.66. The van der Waals surface area contributed by atoms with Crippen LogP contribution in [0.15, 0.2) is 6.07 Å². The number of nitriles is 1. The molecule has 0 radical (unpaired) electrons. The number of carbonyl (C=O) groups is 1. The number of rotatable bonds is 4. The number of nitrogens with one attached hydrogen (secondary N) is 1. The van der Waals surface area contributed by atoms with E-state index < -0.39 is 0 Å². The Morgan fingerprint density at radius 3 is 2.61 bits per heavy atom.